The molecular formula is C60H38N2O. The Kier molecular flexibility index (Phi) is 7.91. The molecule has 0 radical (unpaired) electrons. The third-order valence-corrected chi connectivity index (χ3v) is 12.9. The Bertz CT molecular complexity index is 3870. The van der Waals surface area contributed by atoms with Gasteiger partial charge in [0.25, 0.3) is 0 Å². The maximum absolute atomic E-state index is 7.01. The Morgan fingerprint density at radius 2 is 0.968 bits per heavy atom. The molecule has 0 bridgehead atoms. The molecule has 0 spiro atoms. The summed E-state index contributed by atoms with van der Waals surface area (Å²) in [5.74, 6) is 0. The Balaban J connectivity index is 1.05. The highest BCUT2D eigenvalue weighted by molar-refractivity contribution is 6.20. The molecule has 0 aliphatic heterocycles. The number of para-hydroxylation sites is 3. The molecule has 0 unspecified atom stereocenters. The number of hydrogen-bond donors (Lipinski definition) is 0. The van der Waals surface area contributed by atoms with Crippen molar-refractivity contribution < 1.29 is 4.42 Å². The van der Waals surface area contributed by atoms with Crippen LogP contribution in [0, 0.1) is 0 Å². The van der Waals surface area contributed by atoms with E-state index in [1.54, 1.807) is 0 Å². The van der Waals surface area contributed by atoms with Gasteiger partial charge in [-0.05, 0) is 110 Å². The van der Waals surface area contributed by atoms with Crippen LogP contribution >= 0.6 is 0 Å². The van der Waals surface area contributed by atoms with Crippen LogP contribution in [0.4, 0.5) is 17.1 Å². The van der Waals surface area contributed by atoms with Crippen LogP contribution in [0.5, 0.6) is 0 Å². The van der Waals surface area contributed by atoms with Crippen molar-refractivity contribution in [1.82, 2.24) is 4.57 Å². The van der Waals surface area contributed by atoms with Crippen molar-refractivity contribution in [2.24, 2.45) is 0 Å². The first kappa shape index (κ1) is 35.4. The summed E-state index contributed by atoms with van der Waals surface area (Å²) in [4.78, 5) is 2.45. The van der Waals surface area contributed by atoms with Gasteiger partial charge in [0.2, 0.25) is 0 Å². The molecule has 13 rings (SSSR count). The van der Waals surface area contributed by atoms with Crippen LogP contribution in [0.15, 0.2) is 235 Å². The zero-order chi connectivity index (χ0) is 41.4. The molecule has 11 aromatic carbocycles. The fourth-order valence-corrected chi connectivity index (χ4v) is 10.0. The maximum atomic E-state index is 7.01. The van der Waals surface area contributed by atoms with Gasteiger partial charge in [0, 0.05) is 38.5 Å². The molecule has 2 heterocycles. The summed E-state index contributed by atoms with van der Waals surface area (Å²) in [5.41, 5.74) is 12.9. The van der Waals surface area contributed by atoms with Gasteiger partial charge in [0.05, 0.1) is 27.8 Å². The highest BCUT2D eigenvalue weighted by Crippen LogP contribution is 2.49. The SMILES string of the molecule is c1cc(-c2ccc(N(c3ccc(-c4ccc5ccccc5c4)cc3)c3cc4ccccc4c4ccccc34)c3c2oc2ccccc23)cc(-n2c3ccccc3c3ccccc32)c1. The molecule has 0 atom stereocenters. The second-order valence-electron chi connectivity index (χ2n) is 16.5. The summed E-state index contributed by atoms with van der Waals surface area (Å²) in [6, 6.07) is 83.5. The van der Waals surface area contributed by atoms with E-state index >= 15 is 0 Å². The van der Waals surface area contributed by atoms with E-state index in [2.05, 4.69) is 240 Å². The van der Waals surface area contributed by atoms with Gasteiger partial charge in [0.1, 0.15) is 11.2 Å². The van der Waals surface area contributed by atoms with Crippen LogP contribution in [-0.4, -0.2) is 4.57 Å². The molecule has 2 aromatic heterocycles. The maximum Gasteiger partial charge on any atom is 0.145 e. The minimum Gasteiger partial charge on any atom is -0.455 e. The molecule has 3 heteroatoms. The standard InChI is InChI=1S/C60H38N2O/c1-2-15-41-36-42(29-28-39(41)14-1)40-30-32-45(33-31-40)61(57-38-44-16-3-4-19-47(44)49-20-5-6-21-50(49)57)56-35-34-48(60-59(56)53-24-9-12-27-58(53)63-60)43-17-13-18-46(37-43)62-54-25-10-7-22-51(54)52-23-8-11-26-55(52)62/h1-38H. The predicted molar refractivity (Wildman–Crippen MR) is 266 cm³/mol. The van der Waals surface area contributed by atoms with Crippen LogP contribution in [0.2, 0.25) is 0 Å². The Morgan fingerprint density at radius 3 is 1.75 bits per heavy atom. The molecule has 0 aliphatic rings. The quantitative estimate of drug-likeness (QED) is 0.156. The second-order valence-corrected chi connectivity index (χ2v) is 16.5. The molecule has 294 valence electrons. The van der Waals surface area contributed by atoms with Crippen molar-refractivity contribution >= 4 is 93.1 Å². The Morgan fingerprint density at radius 1 is 0.349 bits per heavy atom. The van der Waals surface area contributed by atoms with Crippen molar-refractivity contribution in [2.75, 3.05) is 4.90 Å². The van der Waals surface area contributed by atoms with E-state index in [-0.39, 0.29) is 0 Å². The van der Waals surface area contributed by atoms with Crippen LogP contribution in [0.25, 0.3) is 104 Å². The minimum atomic E-state index is 0.856. The lowest BCUT2D eigenvalue weighted by Crippen LogP contribution is -2.11. The fourth-order valence-electron chi connectivity index (χ4n) is 10.0. The number of anilines is 3. The van der Waals surface area contributed by atoms with Crippen molar-refractivity contribution in [1.29, 1.82) is 0 Å². The normalized spacial score (nSPS) is 11.8. The third-order valence-electron chi connectivity index (χ3n) is 12.9. The van der Waals surface area contributed by atoms with Gasteiger partial charge >= 0.3 is 0 Å². The fraction of sp³-hybridized carbons (Fsp3) is 0. The number of hydrogen-bond acceptors (Lipinski definition) is 2. The van der Waals surface area contributed by atoms with Crippen molar-refractivity contribution in [2.45, 2.75) is 0 Å². The highest BCUT2D eigenvalue weighted by Gasteiger charge is 2.24. The lowest BCUT2D eigenvalue weighted by atomic mass is 9.96. The van der Waals surface area contributed by atoms with Gasteiger partial charge in [-0.2, -0.15) is 0 Å². The zero-order valence-electron chi connectivity index (χ0n) is 34.2. The topological polar surface area (TPSA) is 21.3 Å². The van der Waals surface area contributed by atoms with Gasteiger partial charge in [-0.15, -0.1) is 0 Å². The summed E-state index contributed by atoms with van der Waals surface area (Å²) in [6.07, 6.45) is 0. The third kappa shape index (κ3) is 5.60. The molecule has 0 aliphatic carbocycles. The summed E-state index contributed by atoms with van der Waals surface area (Å²) < 4.78 is 9.39. The van der Waals surface area contributed by atoms with E-state index in [0.29, 0.717) is 0 Å². The predicted octanol–water partition coefficient (Wildman–Crippen LogP) is 16.9. The zero-order valence-corrected chi connectivity index (χ0v) is 34.2. The number of rotatable bonds is 6. The summed E-state index contributed by atoms with van der Waals surface area (Å²) in [5, 5.41) is 11.9. The van der Waals surface area contributed by atoms with Crippen molar-refractivity contribution in [3.05, 3.63) is 231 Å². The molecule has 0 saturated heterocycles. The van der Waals surface area contributed by atoms with E-state index < -0.39 is 0 Å². The number of nitrogens with zero attached hydrogens (tertiary/aromatic N) is 2. The Labute approximate surface area is 363 Å². The number of aromatic nitrogens is 1. The van der Waals surface area contributed by atoms with E-state index in [9.17, 15) is 0 Å². The van der Waals surface area contributed by atoms with E-state index in [0.717, 1.165) is 55.8 Å². The van der Waals surface area contributed by atoms with Crippen molar-refractivity contribution in [3.63, 3.8) is 0 Å². The summed E-state index contributed by atoms with van der Waals surface area (Å²) in [7, 11) is 0. The first-order chi connectivity index (χ1) is 31.2. The summed E-state index contributed by atoms with van der Waals surface area (Å²) >= 11 is 0. The molecular weight excluding hydrogens is 765 g/mol. The Hall–Kier alpha value is -8.40. The van der Waals surface area contributed by atoms with Crippen LogP contribution < -0.4 is 4.90 Å². The first-order valence-electron chi connectivity index (χ1n) is 21.6. The molecule has 13 aromatic rings. The summed E-state index contributed by atoms with van der Waals surface area (Å²) in [6.45, 7) is 0. The number of furan rings is 1. The number of fused-ring (bicyclic) bond motifs is 10. The van der Waals surface area contributed by atoms with Gasteiger partial charge < -0.3 is 13.9 Å². The van der Waals surface area contributed by atoms with E-state index in [1.165, 1.54) is 65.3 Å². The van der Waals surface area contributed by atoms with Crippen LogP contribution in [0.1, 0.15) is 0 Å². The monoisotopic (exact) mass is 802 g/mol. The van der Waals surface area contributed by atoms with E-state index in [1.807, 2.05) is 0 Å². The van der Waals surface area contributed by atoms with Crippen LogP contribution in [0.3, 0.4) is 0 Å². The average Bonchev–Trinajstić information content (AvgIpc) is 3.91. The van der Waals surface area contributed by atoms with Gasteiger partial charge in [-0.3, -0.25) is 0 Å². The second kappa shape index (κ2) is 14.1. The van der Waals surface area contributed by atoms with Crippen molar-refractivity contribution in [3.8, 4) is 27.9 Å². The van der Waals surface area contributed by atoms with Gasteiger partial charge in [-0.25, -0.2) is 0 Å². The van der Waals surface area contributed by atoms with Crippen LogP contribution in [-0.2, 0) is 0 Å². The molecule has 0 amide bonds. The lowest BCUT2D eigenvalue weighted by Gasteiger charge is -2.29. The molecule has 63 heavy (non-hydrogen) atoms. The minimum absolute atomic E-state index is 0.856. The van der Waals surface area contributed by atoms with Gasteiger partial charge in [0.15, 0.2) is 0 Å². The first-order valence-corrected chi connectivity index (χ1v) is 21.6. The smallest absolute Gasteiger partial charge is 0.145 e. The van der Waals surface area contributed by atoms with Gasteiger partial charge in [-0.1, -0.05) is 164 Å². The lowest BCUT2D eigenvalue weighted by molar-refractivity contribution is 0.670. The molecule has 0 fully saturated rings. The average molecular weight is 803 g/mol. The molecule has 0 saturated carbocycles. The molecule has 3 nitrogen and oxygen atoms in total. The molecule has 0 N–H and O–H groups in total. The number of benzene rings is 11. The highest BCUT2D eigenvalue weighted by atomic mass is 16.3. The van der Waals surface area contributed by atoms with E-state index in [4.69, 9.17) is 4.42 Å². The largest absolute Gasteiger partial charge is 0.455 e.